The predicted molar refractivity (Wildman–Crippen MR) is 64.0 cm³/mol. The monoisotopic (exact) mass is 244 g/mol. The van der Waals surface area contributed by atoms with Gasteiger partial charge in [-0.1, -0.05) is 12.5 Å². The van der Waals surface area contributed by atoms with E-state index in [1.165, 1.54) is 0 Å². The molecule has 2 saturated heterocycles. The minimum atomic E-state index is -2.97. The van der Waals surface area contributed by atoms with Gasteiger partial charge in [0.15, 0.2) is 9.84 Å². The molecule has 0 aromatic rings. The summed E-state index contributed by atoms with van der Waals surface area (Å²) in [5.74, 6) is 0. The zero-order chi connectivity index (χ0) is 12.0. The van der Waals surface area contributed by atoms with Gasteiger partial charge in [-0.05, 0) is 45.1 Å². The van der Waals surface area contributed by atoms with Crippen molar-refractivity contribution in [1.82, 2.24) is 0 Å². The first kappa shape index (κ1) is 12.1. The second kappa shape index (κ2) is 3.84. The van der Waals surface area contributed by atoms with Crippen molar-refractivity contribution in [2.45, 2.75) is 62.1 Å². The van der Waals surface area contributed by atoms with Crippen LogP contribution in [0.2, 0.25) is 0 Å². The molecule has 0 saturated carbocycles. The molecule has 92 valence electrons. The molecule has 0 spiro atoms. The van der Waals surface area contributed by atoms with Crippen molar-refractivity contribution in [1.29, 1.82) is 0 Å². The first-order valence-corrected chi connectivity index (χ1v) is 7.59. The fraction of sp³-hybridized carbons (Fsp3) is 0.833. The van der Waals surface area contributed by atoms with Crippen LogP contribution in [0.25, 0.3) is 0 Å². The van der Waals surface area contributed by atoms with E-state index in [0.717, 1.165) is 24.8 Å². The summed E-state index contributed by atoms with van der Waals surface area (Å²) in [6.07, 6.45) is 5.10. The normalized spacial score (nSPS) is 43.1. The lowest BCUT2D eigenvalue weighted by Gasteiger charge is -2.44. The fourth-order valence-electron chi connectivity index (χ4n) is 3.04. The van der Waals surface area contributed by atoms with E-state index in [9.17, 15) is 13.5 Å². The molecule has 0 amide bonds. The largest absolute Gasteiger partial charge is 0.385 e. The van der Waals surface area contributed by atoms with Gasteiger partial charge in [0.25, 0.3) is 0 Å². The predicted octanol–water partition coefficient (Wildman–Crippen LogP) is 1.81. The molecule has 2 heterocycles. The second-order valence-corrected chi connectivity index (χ2v) is 7.69. The van der Waals surface area contributed by atoms with Gasteiger partial charge in [0.1, 0.15) is 0 Å². The van der Waals surface area contributed by atoms with Crippen molar-refractivity contribution in [2.24, 2.45) is 0 Å². The number of allylic oxidation sites excluding steroid dienone is 1. The Kier molecular flexibility index (Phi) is 2.91. The quantitative estimate of drug-likeness (QED) is 0.716. The number of hydrogen-bond acceptors (Lipinski definition) is 3. The van der Waals surface area contributed by atoms with E-state index >= 15 is 0 Å². The van der Waals surface area contributed by atoms with Crippen LogP contribution in [-0.2, 0) is 9.84 Å². The molecule has 0 aromatic carbocycles. The van der Waals surface area contributed by atoms with Crippen LogP contribution >= 0.6 is 0 Å². The lowest BCUT2D eigenvalue weighted by atomic mass is 9.81. The molecule has 2 bridgehead atoms. The van der Waals surface area contributed by atoms with Crippen LogP contribution in [0.1, 0.15) is 46.0 Å². The first-order valence-electron chi connectivity index (χ1n) is 5.98. The highest BCUT2D eigenvalue weighted by molar-refractivity contribution is 7.92. The van der Waals surface area contributed by atoms with Crippen LogP contribution in [0.3, 0.4) is 0 Å². The molecule has 4 heteroatoms. The van der Waals surface area contributed by atoms with Crippen molar-refractivity contribution in [3.8, 4) is 0 Å². The Morgan fingerprint density at radius 2 is 1.81 bits per heavy atom. The number of hydrogen-bond donors (Lipinski definition) is 1. The van der Waals surface area contributed by atoms with Gasteiger partial charge in [-0.2, -0.15) is 0 Å². The molecule has 0 aliphatic carbocycles. The van der Waals surface area contributed by atoms with E-state index in [1.807, 2.05) is 19.9 Å². The van der Waals surface area contributed by atoms with Gasteiger partial charge in [-0.15, -0.1) is 0 Å². The van der Waals surface area contributed by atoms with Crippen LogP contribution in [0.15, 0.2) is 11.6 Å². The molecule has 0 radical (unpaired) electrons. The van der Waals surface area contributed by atoms with E-state index in [-0.39, 0.29) is 10.5 Å². The van der Waals surface area contributed by atoms with Crippen molar-refractivity contribution < 1.29 is 13.5 Å². The summed E-state index contributed by atoms with van der Waals surface area (Å²) >= 11 is 0. The molecule has 2 aliphatic rings. The number of fused-ring (bicyclic) bond motifs is 2. The van der Waals surface area contributed by atoms with Gasteiger partial charge >= 0.3 is 0 Å². The van der Waals surface area contributed by atoms with E-state index in [4.69, 9.17) is 0 Å². The maximum Gasteiger partial charge on any atom is 0.156 e. The standard InChI is InChI=1S/C12H20O3S/c1-3-9(2)12(13)7-10-5-4-6-11(8-12)16(10,14)15/h3,10-11,13H,4-8H2,1-2H3. The minimum absolute atomic E-state index is 0.320. The molecule has 3 nitrogen and oxygen atoms in total. The zero-order valence-corrected chi connectivity index (χ0v) is 10.8. The lowest BCUT2D eigenvalue weighted by molar-refractivity contribution is 0.0448. The van der Waals surface area contributed by atoms with E-state index in [2.05, 4.69) is 0 Å². The summed E-state index contributed by atoms with van der Waals surface area (Å²) < 4.78 is 24.1. The van der Waals surface area contributed by atoms with Crippen LogP contribution < -0.4 is 0 Å². The highest BCUT2D eigenvalue weighted by Gasteiger charge is 2.50. The van der Waals surface area contributed by atoms with Crippen molar-refractivity contribution in [3.63, 3.8) is 0 Å². The highest BCUT2D eigenvalue weighted by Crippen LogP contribution is 2.44. The van der Waals surface area contributed by atoms with E-state index in [1.54, 1.807) is 0 Å². The number of sulfone groups is 1. The Hall–Kier alpha value is -0.350. The fourth-order valence-corrected chi connectivity index (χ4v) is 5.59. The smallest absolute Gasteiger partial charge is 0.156 e. The molecule has 16 heavy (non-hydrogen) atoms. The Morgan fingerprint density at radius 1 is 1.31 bits per heavy atom. The Bertz CT molecular complexity index is 388. The molecular weight excluding hydrogens is 224 g/mol. The summed E-state index contributed by atoms with van der Waals surface area (Å²) in [6, 6.07) is 0. The summed E-state index contributed by atoms with van der Waals surface area (Å²) in [4.78, 5) is 0. The molecule has 2 aliphatic heterocycles. The third-order valence-electron chi connectivity index (χ3n) is 4.28. The molecule has 0 aromatic heterocycles. The van der Waals surface area contributed by atoms with Crippen LogP contribution in [-0.4, -0.2) is 29.6 Å². The van der Waals surface area contributed by atoms with Gasteiger partial charge in [-0.25, -0.2) is 8.42 Å². The first-order chi connectivity index (χ1) is 7.40. The van der Waals surface area contributed by atoms with Crippen LogP contribution in [0, 0.1) is 0 Å². The van der Waals surface area contributed by atoms with Gasteiger partial charge in [0.2, 0.25) is 0 Å². The number of rotatable bonds is 1. The molecule has 2 atom stereocenters. The van der Waals surface area contributed by atoms with Crippen molar-refractivity contribution >= 4 is 9.84 Å². The topological polar surface area (TPSA) is 54.4 Å². The van der Waals surface area contributed by atoms with E-state index < -0.39 is 15.4 Å². The molecule has 2 rings (SSSR count). The average Bonchev–Trinajstić information content (AvgIpc) is 2.19. The summed E-state index contributed by atoms with van der Waals surface area (Å²) in [6.45, 7) is 3.79. The Morgan fingerprint density at radius 3 is 2.25 bits per heavy atom. The Labute approximate surface area is 97.5 Å². The van der Waals surface area contributed by atoms with Gasteiger partial charge in [-0.3, -0.25) is 0 Å². The van der Waals surface area contributed by atoms with E-state index in [0.29, 0.717) is 12.8 Å². The third-order valence-corrected chi connectivity index (χ3v) is 6.94. The van der Waals surface area contributed by atoms with Crippen molar-refractivity contribution in [3.05, 3.63) is 11.6 Å². The average molecular weight is 244 g/mol. The van der Waals surface area contributed by atoms with Gasteiger partial charge < -0.3 is 5.11 Å². The summed E-state index contributed by atoms with van der Waals surface area (Å²) in [5.41, 5.74) is 0.0369. The third kappa shape index (κ3) is 1.72. The SMILES string of the molecule is CC=C(C)C1(O)CC2CCCC(C1)S2(=O)=O. The molecule has 2 unspecified atom stereocenters. The zero-order valence-electron chi connectivity index (χ0n) is 9.94. The van der Waals surface area contributed by atoms with Gasteiger partial charge in [0, 0.05) is 0 Å². The number of aliphatic hydroxyl groups is 1. The highest BCUT2D eigenvalue weighted by atomic mass is 32.2. The summed E-state index contributed by atoms with van der Waals surface area (Å²) in [7, 11) is -2.97. The molecule has 1 N–H and O–H groups in total. The Balaban J connectivity index is 2.34. The second-order valence-electron chi connectivity index (χ2n) is 5.18. The van der Waals surface area contributed by atoms with Gasteiger partial charge in [0.05, 0.1) is 16.1 Å². The molecular formula is C12H20O3S. The minimum Gasteiger partial charge on any atom is -0.385 e. The maximum atomic E-state index is 12.1. The summed E-state index contributed by atoms with van der Waals surface area (Å²) in [5, 5.41) is 9.91. The van der Waals surface area contributed by atoms with Crippen molar-refractivity contribution in [2.75, 3.05) is 0 Å². The van der Waals surface area contributed by atoms with Crippen LogP contribution in [0.4, 0.5) is 0 Å². The maximum absolute atomic E-state index is 12.1. The lowest BCUT2D eigenvalue weighted by Crippen LogP contribution is -2.52. The molecule has 2 fully saturated rings. The van der Waals surface area contributed by atoms with Crippen LogP contribution in [0.5, 0.6) is 0 Å².